The number of nitrogens with zero attached hydrogens (tertiary/aromatic N) is 2. The van der Waals surface area contributed by atoms with Crippen LogP contribution in [0.25, 0.3) is 0 Å². The monoisotopic (exact) mass is 670 g/mol. The molecule has 1 heterocycles. The van der Waals surface area contributed by atoms with Crippen LogP contribution in [-0.2, 0) is 19.0 Å². The molecule has 4 N–H and O–H groups in total. The fourth-order valence-electron chi connectivity index (χ4n) is 6.48. The van der Waals surface area contributed by atoms with Gasteiger partial charge in [0, 0.05) is 12.5 Å². The van der Waals surface area contributed by atoms with Crippen LogP contribution in [0.3, 0.4) is 0 Å². The van der Waals surface area contributed by atoms with Crippen LogP contribution in [0.4, 0.5) is 0 Å². The summed E-state index contributed by atoms with van der Waals surface area (Å²) >= 11 is 0. The lowest BCUT2D eigenvalue weighted by Gasteiger charge is -2.42. The van der Waals surface area contributed by atoms with Crippen molar-refractivity contribution < 1.29 is 45.8 Å². The summed E-state index contributed by atoms with van der Waals surface area (Å²) in [6, 6.07) is 0.485. The molecule has 0 aromatic heterocycles. The van der Waals surface area contributed by atoms with Crippen LogP contribution in [0.15, 0.2) is 0 Å². The van der Waals surface area contributed by atoms with E-state index in [-0.39, 0.29) is 30.8 Å². The zero-order chi connectivity index (χ0) is 32.8. The number of aliphatic hydroxyl groups is 2. The van der Waals surface area contributed by atoms with E-state index >= 15 is 0 Å². The van der Waals surface area contributed by atoms with Crippen molar-refractivity contribution in [3.05, 3.63) is 0 Å². The molecule has 0 radical (unpaired) electrons. The Morgan fingerprint density at radius 1 is 0.773 bits per heavy atom. The molecule has 1 unspecified atom stereocenters. The minimum atomic E-state index is -4.31. The average molecular weight is 671 g/mol. The first-order chi connectivity index (χ1) is 20.8. The molecule has 44 heavy (non-hydrogen) atoms. The second kappa shape index (κ2) is 23.2. The van der Waals surface area contributed by atoms with Crippen LogP contribution in [0.2, 0.25) is 6.04 Å². The minimum absolute atomic E-state index is 0.0398. The standard InChI is InChI=1S/C32H69N2O8SSi/c1-4-5-6-7-8-9-10-11-12-13-14-15-16-17-18-19-21-33(2,3)22-20-29-44(40)41-27-24-34(23-26-35,25-28-42-44)30-32(36)31-43(37,38)39/h32,35-36,40H,4-31H2,1-3H3/q+1/p+1. The van der Waals surface area contributed by atoms with Gasteiger partial charge in [-0.2, -0.15) is 8.42 Å². The van der Waals surface area contributed by atoms with Crippen molar-refractivity contribution in [2.24, 2.45) is 0 Å². The summed E-state index contributed by atoms with van der Waals surface area (Å²) in [6.07, 6.45) is 21.5. The number of rotatable bonds is 27. The van der Waals surface area contributed by atoms with E-state index in [1.807, 2.05) is 0 Å². The van der Waals surface area contributed by atoms with Crippen molar-refractivity contribution in [1.82, 2.24) is 0 Å². The number of quaternary nitrogens is 2. The molecule has 1 rings (SSSR count). The van der Waals surface area contributed by atoms with Gasteiger partial charge < -0.3 is 32.8 Å². The van der Waals surface area contributed by atoms with Gasteiger partial charge in [-0.1, -0.05) is 96.8 Å². The van der Waals surface area contributed by atoms with Gasteiger partial charge >= 0.3 is 8.80 Å². The molecule has 264 valence electrons. The molecular weight excluding hydrogens is 601 g/mol. The van der Waals surface area contributed by atoms with Crippen molar-refractivity contribution in [1.29, 1.82) is 0 Å². The molecule has 1 saturated heterocycles. The Labute approximate surface area is 271 Å². The largest absolute Gasteiger partial charge is 0.498 e. The summed E-state index contributed by atoms with van der Waals surface area (Å²) in [7, 11) is -3.16. The fourth-order valence-corrected chi connectivity index (χ4v) is 8.87. The lowest BCUT2D eigenvalue weighted by molar-refractivity contribution is -0.931. The highest BCUT2D eigenvalue weighted by molar-refractivity contribution is 7.85. The molecule has 12 heteroatoms. The zero-order valence-corrected chi connectivity index (χ0v) is 30.4. The Morgan fingerprint density at radius 3 is 1.64 bits per heavy atom. The Bertz CT molecular complexity index is 808. The van der Waals surface area contributed by atoms with Gasteiger partial charge in [-0.25, -0.2) is 0 Å². The second-order valence-corrected chi connectivity index (χ2v) is 18.0. The maximum Gasteiger partial charge on any atom is 0.498 e. The highest BCUT2D eigenvalue weighted by atomic mass is 32.2. The number of aliphatic hydroxyl groups excluding tert-OH is 2. The minimum Gasteiger partial charge on any atom is -0.391 e. The van der Waals surface area contributed by atoms with Crippen LogP contribution in [0, 0.1) is 0 Å². The van der Waals surface area contributed by atoms with Crippen LogP contribution < -0.4 is 0 Å². The smallest absolute Gasteiger partial charge is 0.391 e. The van der Waals surface area contributed by atoms with E-state index in [2.05, 4.69) is 21.0 Å². The van der Waals surface area contributed by atoms with Crippen LogP contribution in [0.1, 0.15) is 116 Å². The van der Waals surface area contributed by atoms with Crippen LogP contribution >= 0.6 is 0 Å². The Morgan fingerprint density at radius 2 is 1.20 bits per heavy atom. The second-order valence-electron chi connectivity index (χ2n) is 14.0. The predicted molar refractivity (Wildman–Crippen MR) is 180 cm³/mol. The molecule has 0 amide bonds. The quantitative estimate of drug-likeness (QED) is 0.0426. The maximum atomic E-state index is 11.2. The molecule has 0 saturated carbocycles. The van der Waals surface area contributed by atoms with Crippen LogP contribution in [0.5, 0.6) is 0 Å². The molecule has 1 aliphatic rings. The molecular formula is C32H70N2O8SSi+2. The van der Waals surface area contributed by atoms with Crippen molar-refractivity contribution >= 4 is 18.9 Å². The van der Waals surface area contributed by atoms with E-state index in [1.165, 1.54) is 103 Å². The van der Waals surface area contributed by atoms with Crippen molar-refractivity contribution in [2.75, 3.05) is 78.9 Å². The molecule has 0 aromatic carbocycles. The third-order valence-electron chi connectivity index (χ3n) is 9.23. The topological polar surface area (TPSA) is 134 Å². The Balaban J connectivity index is 2.18. The number of hydrogen-bond donors (Lipinski definition) is 4. The molecule has 0 aliphatic carbocycles. The van der Waals surface area contributed by atoms with Gasteiger partial charge in [0.1, 0.15) is 38.0 Å². The van der Waals surface area contributed by atoms with Gasteiger partial charge in [-0.05, 0) is 12.8 Å². The summed E-state index contributed by atoms with van der Waals surface area (Å²) in [6.45, 7) is 5.71. The third kappa shape index (κ3) is 21.6. The highest BCUT2D eigenvalue weighted by Crippen LogP contribution is 2.21. The first-order valence-electron chi connectivity index (χ1n) is 17.8. The maximum absolute atomic E-state index is 11.2. The molecule has 0 aromatic rings. The first-order valence-corrected chi connectivity index (χ1v) is 21.3. The highest BCUT2D eigenvalue weighted by Gasteiger charge is 2.42. The fraction of sp³-hybridized carbons (Fsp3) is 1.00. The van der Waals surface area contributed by atoms with E-state index < -0.39 is 30.8 Å². The van der Waals surface area contributed by atoms with E-state index in [0.717, 1.165) is 24.0 Å². The Hall–Kier alpha value is -0.153. The van der Waals surface area contributed by atoms with Crippen molar-refractivity contribution in [3.8, 4) is 0 Å². The third-order valence-corrected chi connectivity index (χ3v) is 12.3. The molecule has 0 spiro atoms. The van der Waals surface area contributed by atoms with E-state index in [4.69, 9.17) is 13.4 Å². The van der Waals surface area contributed by atoms with Crippen molar-refractivity contribution in [2.45, 2.75) is 128 Å². The lowest BCUT2D eigenvalue weighted by atomic mass is 10.0. The molecule has 1 fully saturated rings. The van der Waals surface area contributed by atoms with Gasteiger partial charge in [0.25, 0.3) is 10.1 Å². The average Bonchev–Trinajstić information content (AvgIpc) is 2.91. The van der Waals surface area contributed by atoms with E-state index in [0.29, 0.717) is 25.7 Å². The molecule has 1 atom stereocenters. The Kier molecular flexibility index (Phi) is 22.1. The molecule has 0 bridgehead atoms. The molecule has 10 nitrogen and oxygen atoms in total. The van der Waals surface area contributed by atoms with Gasteiger partial charge in [-0.15, -0.1) is 0 Å². The van der Waals surface area contributed by atoms with E-state index in [9.17, 15) is 23.4 Å². The summed E-state index contributed by atoms with van der Waals surface area (Å²) in [5, 5.41) is 19.8. The lowest BCUT2D eigenvalue weighted by Crippen LogP contribution is -2.61. The summed E-state index contributed by atoms with van der Waals surface area (Å²) in [5.74, 6) is -0.758. The van der Waals surface area contributed by atoms with Gasteiger partial charge in [0.2, 0.25) is 0 Å². The molecule has 1 aliphatic heterocycles. The zero-order valence-electron chi connectivity index (χ0n) is 28.6. The SMILES string of the molecule is CCCCCCCCCCCCCCCCCC[N+](C)(C)CCC[Si]1(O)OCC[N+](CCO)(CC(O)CS(=O)(=O)O)CCO1. The summed E-state index contributed by atoms with van der Waals surface area (Å²) < 4.78 is 44.3. The van der Waals surface area contributed by atoms with Crippen LogP contribution in [-0.4, -0.2) is 131 Å². The van der Waals surface area contributed by atoms with E-state index in [1.54, 1.807) is 0 Å². The van der Waals surface area contributed by atoms with Gasteiger partial charge in [-0.3, -0.25) is 4.55 Å². The summed E-state index contributed by atoms with van der Waals surface area (Å²) in [4.78, 5) is 11.1. The summed E-state index contributed by atoms with van der Waals surface area (Å²) in [5.41, 5.74) is 0. The van der Waals surface area contributed by atoms with Crippen molar-refractivity contribution in [3.63, 3.8) is 0 Å². The normalized spacial score (nSPS) is 22.5. The number of hydrogen-bond acceptors (Lipinski definition) is 7. The van der Waals surface area contributed by atoms with Gasteiger partial charge in [0.15, 0.2) is 0 Å². The first kappa shape index (κ1) is 41.9. The number of unbranched alkanes of at least 4 members (excludes halogenated alkanes) is 15. The van der Waals surface area contributed by atoms with Gasteiger partial charge in [0.05, 0.1) is 47.0 Å². The predicted octanol–water partition coefficient (Wildman–Crippen LogP) is 4.75.